The molecular weight excluding hydrogens is 507 g/mol. The first kappa shape index (κ1) is 27.1. The zero-order chi connectivity index (χ0) is 26.6. The summed E-state index contributed by atoms with van der Waals surface area (Å²) in [5.74, 6) is -0.488. The van der Waals surface area contributed by atoms with Crippen LogP contribution in [0.4, 0.5) is 30.7 Å². The quantitative estimate of drug-likeness (QED) is 0.311. The van der Waals surface area contributed by atoms with Crippen molar-refractivity contribution in [2.45, 2.75) is 37.9 Å². The van der Waals surface area contributed by atoms with E-state index in [-0.39, 0.29) is 31.4 Å². The number of ether oxygens (including phenoxy) is 2. The van der Waals surface area contributed by atoms with Crippen LogP contribution in [-0.4, -0.2) is 24.5 Å². The van der Waals surface area contributed by atoms with E-state index in [1.54, 1.807) is 5.06 Å². The summed E-state index contributed by atoms with van der Waals surface area (Å²) in [4.78, 5) is 5.96. The predicted octanol–water partition coefficient (Wildman–Crippen LogP) is 6.91. The van der Waals surface area contributed by atoms with Gasteiger partial charge in [-0.3, -0.25) is 4.84 Å². The molecule has 37 heavy (non-hydrogen) atoms. The Morgan fingerprint density at radius 2 is 1.41 bits per heavy atom. The molecule has 0 spiro atoms. The zero-order valence-electron chi connectivity index (χ0n) is 19.2. The summed E-state index contributed by atoms with van der Waals surface area (Å²) in [5.41, 5.74) is -1.81. The molecule has 11 heteroatoms. The SMILES string of the molecule is Fc1ccc([C@H]2[C@@H](OCc3cc(C(F)(F)F)cc(C(F)(F)F)c3)OCCN2OCc2ccccc2)cc1. The van der Waals surface area contributed by atoms with Crippen LogP contribution < -0.4 is 0 Å². The Balaban J connectivity index is 1.57. The van der Waals surface area contributed by atoms with Gasteiger partial charge >= 0.3 is 12.4 Å². The molecule has 2 atom stereocenters. The van der Waals surface area contributed by atoms with Crippen molar-refractivity contribution < 1.29 is 45.0 Å². The minimum absolute atomic E-state index is 0.0566. The third-order valence-corrected chi connectivity index (χ3v) is 5.67. The molecule has 1 aliphatic rings. The van der Waals surface area contributed by atoms with Crippen LogP contribution in [0.1, 0.15) is 33.9 Å². The number of hydrogen-bond donors (Lipinski definition) is 0. The lowest BCUT2D eigenvalue weighted by Crippen LogP contribution is -2.46. The largest absolute Gasteiger partial charge is 0.416 e. The van der Waals surface area contributed by atoms with Gasteiger partial charge in [-0.25, -0.2) is 4.39 Å². The van der Waals surface area contributed by atoms with E-state index in [2.05, 4.69) is 0 Å². The Kier molecular flexibility index (Phi) is 8.17. The van der Waals surface area contributed by atoms with Crippen molar-refractivity contribution in [3.05, 3.63) is 106 Å². The highest BCUT2D eigenvalue weighted by molar-refractivity contribution is 5.33. The number of hydroxylamine groups is 2. The number of halogens is 7. The Hall–Kier alpha value is -2.99. The average Bonchev–Trinajstić information content (AvgIpc) is 2.86. The second-order valence-electron chi connectivity index (χ2n) is 8.36. The van der Waals surface area contributed by atoms with Crippen LogP contribution >= 0.6 is 0 Å². The molecule has 198 valence electrons. The molecule has 0 aromatic heterocycles. The van der Waals surface area contributed by atoms with Crippen LogP contribution in [0.2, 0.25) is 0 Å². The zero-order valence-corrected chi connectivity index (χ0v) is 19.2. The van der Waals surface area contributed by atoms with Gasteiger partial charge in [-0.05, 0) is 47.0 Å². The van der Waals surface area contributed by atoms with Crippen LogP contribution in [0.15, 0.2) is 72.8 Å². The Bertz CT molecular complexity index is 1140. The van der Waals surface area contributed by atoms with Gasteiger partial charge < -0.3 is 9.47 Å². The molecule has 3 aromatic rings. The van der Waals surface area contributed by atoms with Gasteiger partial charge in [-0.2, -0.15) is 31.4 Å². The average molecular weight is 529 g/mol. The Morgan fingerprint density at radius 3 is 2.00 bits per heavy atom. The number of benzene rings is 3. The lowest BCUT2D eigenvalue weighted by molar-refractivity contribution is -0.306. The van der Waals surface area contributed by atoms with E-state index in [0.717, 1.165) is 5.56 Å². The third kappa shape index (κ3) is 7.07. The van der Waals surface area contributed by atoms with Crippen molar-refractivity contribution in [3.63, 3.8) is 0 Å². The molecule has 3 aromatic carbocycles. The molecule has 1 heterocycles. The highest BCUT2D eigenvalue weighted by Gasteiger charge is 2.38. The summed E-state index contributed by atoms with van der Waals surface area (Å²) in [5, 5.41) is 1.56. The van der Waals surface area contributed by atoms with E-state index in [4.69, 9.17) is 14.3 Å². The van der Waals surface area contributed by atoms with Gasteiger partial charge in [0, 0.05) is 6.54 Å². The first-order chi connectivity index (χ1) is 17.5. The lowest BCUT2D eigenvalue weighted by Gasteiger charge is -2.40. The number of alkyl halides is 6. The summed E-state index contributed by atoms with van der Waals surface area (Å²) >= 11 is 0. The van der Waals surface area contributed by atoms with Gasteiger partial charge in [0.1, 0.15) is 11.9 Å². The molecule has 0 unspecified atom stereocenters. The standard InChI is InChI=1S/C26H22F7NO3/c27-22-8-6-19(7-9-22)23-24(35-11-10-34(23)37-16-17-4-2-1-3-5-17)36-15-18-12-20(25(28,29)30)14-21(13-18)26(31,32)33/h1-9,12-14,23-24H,10-11,15-16H2/t23-,24+/m0/s1. The molecule has 0 saturated carbocycles. The highest BCUT2D eigenvalue weighted by Crippen LogP contribution is 2.37. The Morgan fingerprint density at radius 1 is 0.784 bits per heavy atom. The smallest absolute Gasteiger partial charge is 0.349 e. The van der Waals surface area contributed by atoms with Gasteiger partial charge in [0.25, 0.3) is 0 Å². The Labute approximate surface area is 208 Å². The third-order valence-electron chi connectivity index (χ3n) is 5.67. The van der Waals surface area contributed by atoms with Crippen LogP contribution in [0.3, 0.4) is 0 Å². The molecule has 1 aliphatic heterocycles. The summed E-state index contributed by atoms with van der Waals surface area (Å²) in [6.07, 6.45) is -11.1. The van der Waals surface area contributed by atoms with Gasteiger partial charge in [0.05, 0.1) is 30.9 Å². The number of hydrogen-bond acceptors (Lipinski definition) is 4. The number of rotatable bonds is 7. The lowest BCUT2D eigenvalue weighted by atomic mass is 10.0. The van der Waals surface area contributed by atoms with Crippen molar-refractivity contribution in [1.82, 2.24) is 5.06 Å². The summed E-state index contributed by atoms with van der Waals surface area (Å²) in [6.45, 7) is -0.000226. The first-order valence-electron chi connectivity index (χ1n) is 11.2. The van der Waals surface area contributed by atoms with E-state index < -0.39 is 48.2 Å². The number of nitrogens with zero attached hydrogens (tertiary/aromatic N) is 1. The fraction of sp³-hybridized carbons (Fsp3) is 0.308. The highest BCUT2D eigenvalue weighted by atomic mass is 19.4. The first-order valence-corrected chi connectivity index (χ1v) is 11.2. The van der Waals surface area contributed by atoms with E-state index in [0.29, 0.717) is 17.7 Å². The molecule has 1 fully saturated rings. The van der Waals surface area contributed by atoms with Crippen molar-refractivity contribution in [1.29, 1.82) is 0 Å². The van der Waals surface area contributed by atoms with Crippen molar-refractivity contribution in [3.8, 4) is 0 Å². The predicted molar refractivity (Wildman–Crippen MR) is 118 cm³/mol. The fourth-order valence-corrected chi connectivity index (χ4v) is 3.90. The molecule has 0 bridgehead atoms. The van der Waals surface area contributed by atoms with Gasteiger partial charge in [0.15, 0.2) is 6.29 Å². The molecule has 1 saturated heterocycles. The monoisotopic (exact) mass is 529 g/mol. The maximum atomic E-state index is 13.6. The van der Waals surface area contributed by atoms with E-state index >= 15 is 0 Å². The van der Waals surface area contributed by atoms with E-state index in [9.17, 15) is 30.7 Å². The fourth-order valence-electron chi connectivity index (χ4n) is 3.90. The molecular formula is C26H22F7NO3. The van der Waals surface area contributed by atoms with Crippen LogP contribution in [0, 0.1) is 5.82 Å². The summed E-state index contributed by atoms with van der Waals surface area (Å²) in [6, 6.07) is 15.1. The van der Waals surface area contributed by atoms with E-state index in [1.165, 1.54) is 24.3 Å². The molecule has 4 rings (SSSR count). The van der Waals surface area contributed by atoms with Crippen LogP contribution in [0.5, 0.6) is 0 Å². The molecule has 0 radical (unpaired) electrons. The van der Waals surface area contributed by atoms with Gasteiger partial charge in [-0.15, -0.1) is 0 Å². The maximum Gasteiger partial charge on any atom is 0.416 e. The molecule has 0 amide bonds. The summed E-state index contributed by atoms with van der Waals surface area (Å²) in [7, 11) is 0. The summed E-state index contributed by atoms with van der Waals surface area (Å²) < 4.78 is 104. The van der Waals surface area contributed by atoms with Crippen molar-refractivity contribution >= 4 is 0 Å². The maximum absolute atomic E-state index is 13.6. The minimum Gasteiger partial charge on any atom is -0.349 e. The van der Waals surface area contributed by atoms with Crippen molar-refractivity contribution in [2.75, 3.05) is 13.2 Å². The van der Waals surface area contributed by atoms with Gasteiger partial charge in [0.2, 0.25) is 0 Å². The molecule has 0 aliphatic carbocycles. The topological polar surface area (TPSA) is 30.9 Å². The van der Waals surface area contributed by atoms with Crippen molar-refractivity contribution in [2.24, 2.45) is 0 Å². The molecule has 4 nitrogen and oxygen atoms in total. The second-order valence-corrected chi connectivity index (χ2v) is 8.36. The van der Waals surface area contributed by atoms with E-state index in [1.807, 2.05) is 30.3 Å². The second kappa shape index (κ2) is 11.2. The van der Waals surface area contributed by atoms with Crippen LogP contribution in [-0.2, 0) is 39.9 Å². The normalized spacial score (nSPS) is 19.2. The number of morpholine rings is 1. The van der Waals surface area contributed by atoms with Crippen LogP contribution in [0.25, 0.3) is 0 Å². The minimum atomic E-state index is -4.98. The van der Waals surface area contributed by atoms with Gasteiger partial charge in [-0.1, -0.05) is 42.5 Å². The molecule has 0 N–H and O–H groups in total.